The number of imidazole rings is 1. The van der Waals surface area contributed by atoms with Gasteiger partial charge >= 0.3 is 0 Å². The molecule has 0 aliphatic heterocycles. The summed E-state index contributed by atoms with van der Waals surface area (Å²) < 4.78 is 4.87. The first-order valence-corrected chi connectivity index (χ1v) is 7.34. The first-order chi connectivity index (χ1) is 8.06. The first-order valence-electron chi connectivity index (χ1n) is 5.77. The molecule has 0 saturated heterocycles. The predicted octanol–water partition coefficient (Wildman–Crippen LogP) is 3.05. The predicted molar refractivity (Wildman–Crippen MR) is 76.3 cm³/mol. The Hall–Kier alpha value is -0.750. The second-order valence-electron chi connectivity index (χ2n) is 4.22. The zero-order chi connectivity index (χ0) is 12.6. The molecular formula is C11H18N4S2. The van der Waals surface area contributed by atoms with Crippen LogP contribution in [0.15, 0.2) is 0 Å². The van der Waals surface area contributed by atoms with Crippen LogP contribution in [-0.2, 0) is 7.05 Å². The molecular weight excluding hydrogens is 252 g/mol. The summed E-state index contributed by atoms with van der Waals surface area (Å²) >= 11 is 7.34. The van der Waals surface area contributed by atoms with Crippen molar-refractivity contribution >= 4 is 35.1 Å². The molecule has 0 spiro atoms. The number of H-pyrrole nitrogens is 1. The van der Waals surface area contributed by atoms with Crippen LogP contribution < -0.4 is 0 Å². The highest BCUT2D eigenvalue weighted by molar-refractivity contribution is 7.99. The maximum Gasteiger partial charge on any atom is 0.179 e. The lowest BCUT2D eigenvalue weighted by molar-refractivity contribution is 0.596. The summed E-state index contributed by atoms with van der Waals surface area (Å²) in [6.45, 7) is 6.38. The zero-order valence-corrected chi connectivity index (χ0v) is 12.3. The molecule has 2 heterocycles. The quantitative estimate of drug-likeness (QED) is 0.868. The Kier molecular flexibility index (Phi) is 3.63. The van der Waals surface area contributed by atoms with Gasteiger partial charge in [0.15, 0.2) is 10.4 Å². The number of hydrogen-bond donors (Lipinski definition) is 1. The van der Waals surface area contributed by atoms with E-state index < -0.39 is 0 Å². The van der Waals surface area contributed by atoms with E-state index in [4.69, 9.17) is 12.2 Å². The second kappa shape index (κ2) is 4.86. The third-order valence-electron chi connectivity index (χ3n) is 2.87. The summed E-state index contributed by atoms with van der Waals surface area (Å²) in [6.07, 6.45) is 0. The molecule has 0 amide bonds. The van der Waals surface area contributed by atoms with E-state index in [-0.39, 0.29) is 0 Å². The van der Waals surface area contributed by atoms with Crippen LogP contribution in [0.25, 0.3) is 11.2 Å². The molecule has 0 aliphatic rings. The van der Waals surface area contributed by atoms with Crippen LogP contribution >= 0.6 is 24.0 Å². The van der Waals surface area contributed by atoms with Crippen molar-refractivity contribution in [2.45, 2.75) is 26.8 Å². The Morgan fingerprint density at radius 1 is 1.53 bits per heavy atom. The van der Waals surface area contributed by atoms with Crippen molar-refractivity contribution in [2.24, 2.45) is 7.05 Å². The Bertz CT molecular complexity index is 578. The van der Waals surface area contributed by atoms with Gasteiger partial charge in [0.25, 0.3) is 0 Å². The van der Waals surface area contributed by atoms with Crippen LogP contribution in [0.1, 0.15) is 25.6 Å². The van der Waals surface area contributed by atoms with Crippen LogP contribution in [0.5, 0.6) is 0 Å². The lowest BCUT2D eigenvalue weighted by Gasteiger charge is -2.13. The highest BCUT2D eigenvalue weighted by Crippen LogP contribution is 2.23. The lowest BCUT2D eigenvalue weighted by atomic mass is 10.4. The summed E-state index contributed by atoms with van der Waals surface area (Å²) in [4.78, 5) is 3.26. The number of aromatic nitrogens is 4. The number of nitrogens with zero attached hydrogens (tertiary/aromatic N) is 3. The summed E-state index contributed by atoms with van der Waals surface area (Å²) in [5.74, 6) is 2.21. The van der Waals surface area contributed by atoms with Gasteiger partial charge < -0.3 is 4.98 Å². The third kappa shape index (κ3) is 2.15. The van der Waals surface area contributed by atoms with Gasteiger partial charge in [0, 0.05) is 18.8 Å². The van der Waals surface area contributed by atoms with Gasteiger partial charge in [-0.05, 0) is 31.8 Å². The minimum absolute atomic E-state index is 0.385. The van der Waals surface area contributed by atoms with Gasteiger partial charge in [-0.25, -0.2) is 0 Å². The molecule has 0 radical (unpaired) electrons. The van der Waals surface area contributed by atoms with Gasteiger partial charge in [0.1, 0.15) is 5.52 Å². The van der Waals surface area contributed by atoms with E-state index in [0.29, 0.717) is 6.04 Å². The summed E-state index contributed by atoms with van der Waals surface area (Å²) in [5, 5.41) is 4.43. The SMILES string of the molecule is CCSCC(C)n1c(=S)[nH]c2c(C)nn(C)c21. The van der Waals surface area contributed by atoms with Crippen molar-refractivity contribution < 1.29 is 0 Å². The second-order valence-corrected chi connectivity index (χ2v) is 5.92. The van der Waals surface area contributed by atoms with E-state index in [1.807, 2.05) is 30.4 Å². The molecule has 2 aromatic heterocycles. The van der Waals surface area contributed by atoms with Crippen LogP contribution in [0.4, 0.5) is 0 Å². The number of nitrogens with one attached hydrogen (secondary N) is 1. The summed E-state index contributed by atoms with van der Waals surface area (Å²) in [5.41, 5.74) is 3.16. The topological polar surface area (TPSA) is 38.5 Å². The average molecular weight is 270 g/mol. The highest BCUT2D eigenvalue weighted by atomic mass is 32.2. The van der Waals surface area contributed by atoms with Crippen LogP contribution in [0, 0.1) is 11.7 Å². The Morgan fingerprint density at radius 2 is 2.24 bits per heavy atom. The molecule has 1 atom stereocenters. The molecule has 0 fully saturated rings. The molecule has 2 rings (SSSR count). The van der Waals surface area contributed by atoms with Crippen LogP contribution in [0.2, 0.25) is 0 Å². The van der Waals surface area contributed by atoms with Gasteiger partial charge in [0.2, 0.25) is 0 Å². The van der Waals surface area contributed by atoms with Gasteiger partial charge in [0.05, 0.1) is 5.69 Å². The molecule has 4 nitrogen and oxygen atoms in total. The van der Waals surface area contributed by atoms with Crippen LogP contribution in [0.3, 0.4) is 0 Å². The fraction of sp³-hybridized carbons (Fsp3) is 0.636. The van der Waals surface area contributed by atoms with Crippen molar-refractivity contribution in [1.82, 2.24) is 19.3 Å². The number of hydrogen-bond acceptors (Lipinski definition) is 3. The Morgan fingerprint density at radius 3 is 2.88 bits per heavy atom. The minimum atomic E-state index is 0.385. The summed E-state index contributed by atoms with van der Waals surface area (Å²) in [6, 6.07) is 0.385. The average Bonchev–Trinajstić information content (AvgIpc) is 2.74. The monoisotopic (exact) mass is 270 g/mol. The van der Waals surface area contributed by atoms with Crippen molar-refractivity contribution in [2.75, 3.05) is 11.5 Å². The van der Waals surface area contributed by atoms with Crippen molar-refractivity contribution in [3.63, 3.8) is 0 Å². The van der Waals surface area contributed by atoms with Crippen LogP contribution in [-0.4, -0.2) is 30.8 Å². The van der Waals surface area contributed by atoms with E-state index in [0.717, 1.165) is 33.1 Å². The molecule has 0 bridgehead atoms. The lowest BCUT2D eigenvalue weighted by Crippen LogP contribution is -2.10. The Labute approximate surface area is 110 Å². The van der Waals surface area contributed by atoms with Crippen molar-refractivity contribution in [1.29, 1.82) is 0 Å². The molecule has 0 saturated carbocycles. The van der Waals surface area contributed by atoms with Gasteiger partial charge in [-0.15, -0.1) is 0 Å². The van der Waals surface area contributed by atoms with Gasteiger partial charge in [-0.1, -0.05) is 6.92 Å². The molecule has 2 aromatic rings. The molecule has 0 aliphatic carbocycles. The smallest absolute Gasteiger partial charge is 0.179 e. The largest absolute Gasteiger partial charge is 0.328 e. The van der Waals surface area contributed by atoms with E-state index in [1.165, 1.54) is 0 Å². The number of fused-ring (bicyclic) bond motifs is 1. The molecule has 0 aromatic carbocycles. The van der Waals surface area contributed by atoms with Crippen molar-refractivity contribution in [3.05, 3.63) is 10.5 Å². The fourth-order valence-electron chi connectivity index (χ4n) is 2.10. The molecule has 1 N–H and O–H groups in total. The van der Waals surface area contributed by atoms with E-state index in [2.05, 4.69) is 28.5 Å². The third-order valence-corrected chi connectivity index (χ3v) is 4.30. The number of rotatable bonds is 4. The standard InChI is InChI=1S/C11H18N4S2/c1-5-17-6-7(2)15-10-9(12-11(15)16)8(3)13-14(10)4/h7H,5-6H2,1-4H3,(H,12,16). The molecule has 1 unspecified atom stereocenters. The Balaban J connectivity index is 2.52. The molecule has 94 valence electrons. The fourth-order valence-corrected chi connectivity index (χ4v) is 3.20. The maximum absolute atomic E-state index is 5.41. The highest BCUT2D eigenvalue weighted by Gasteiger charge is 2.16. The van der Waals surface area contributed by atoms with Crippen molar-refractivity contribution in [3.8, 4) is 0 Å². The summed E-state index contributed by atoms with van der Waals surface area (Å²) in [7, 11) is 1.97. The maximum atomic E-state index is 5.41. The number of aryl methyl sites for hydroxylation is 2. The minimum Gasteiger partial charge on any atom is -0.328 e. The van der Waals surface area contributed by atoms with Gasteiger partial charge in [-0.2, -0.15) is 16.9 Å². The first kappa shape index (κ1) is 12.7. The van der Waals surface area contributed by atoms with Gasteiger partial charge in [-0.3, -0.25) is 9.25 Å². The normalized spacial score (nSPS) is 13.4. The number of thioether (sulfide) groups is 1. The molecule has 17 heavy (non-hydrogen) atoms. The van der Waals surface area contributed by atoms with E-state index in [1.54, 1.807) is 0 Å². The zero-order valence-electron chi connectivity index (χ0n) is 10.6. The number of aromatic amines is 1. The van der Waals surface area contributed by atoms with E-state index >= 15 is 0 Å². The molecule has 6 heteroatoms. The van der Waals surface area contributed by atoms with E-state index in [9.17, 15) is 0 Å².